The van der Waals surface area contributed by atoms with Crippen molar-refractivity contribution in [2.24, 2.45) is 0 Å². The van der Waals surface area contributed by atoms with Gasteiger partial charge in [0.1, 0.15) is 0 Å². The van der Waals surface area contributed by atoms with Crippen molar-refractivity contribution in [2.45, 2.75) is 19.3 Å². The van der Waals surface area contributed by atoms with Gasteiger partial charge in [-0.05, 0) is 6.42 Å². The largest absolute Gasteiger partial charge is 0.379 e. The second-order valence-electron chi connectivity index (χ2n) is 4.25. The predicted octanol–water partition coefficient (Wildman–Crippen LogP) is -0.142. The standard InChI is InChI=1S/C11H18N2O3/c14-10-2-1-3-11(15)13(10)5-4-12-6-8-16-9-7-12/h1-9H2. The Balaban J connectivity index is 1.78. The third-order valence-corrected chi connectivity index (χ3v) is 3.13. The quantitative estimate of drug-likeness (QED) is 0.628. The molecule has 2 aliphatic heterocycles. The van der Waals surface area contributed by atoms with E-state index in [2.05, 4.69) is 4.90 Å². The maximum atomic E-state index is 11.5. The van der Waals surface area contributed by atoms with Crippen molar-refractivity contribution in [2.75, 3.05) is 39.4 Å². The monoisotopic (exact) mass is 226 g/mol. The predicted molar refractivity (Wildman–Crippen MR) is 57.8 cm³/mol. The highest BCUT2D eigenvalue weighted by atomic mass is 16.5. The maximum Gasteiger partial charge on any atom is 0.229 e. The summed E-state index contributed by atoms with van der Waals surface area (Å²) in [5.74, 6) is -0.0194. The number of imide groups is 1. The fraction of sp³-hybridized carbons (Fsp3) is 0.818. The molecule has 0 N–H and O–H groups in total. The number of carbonyl (C=O) groups is 2. The van der Waals surface area contributed by atoms with Gasteiger partial charge < -0.3 is 4.74 Å². The zero-order valence-corrected chi connectivity index (χ0v) is 9.48. The van der Waals surface area contributed by atoms with E-state index < -0.39 is 0 Å². The SMILES string of the molecule is O=C1CCCC(=O)N1CCN1CCOCC1. The summed E-state index contributed by atoms with van der Waals surface area (Å²) < 4.78 is 5.24. The van der Waals surface area contributed by atoms with Gasteiger partial charge in [0.25, 0.3) is 0 Å². The van der Waals surface area contributed by atoms with Gasteiger partial charge in [0, 0.05) is 39.0 Å². The van der Waals surface area contributed by atoms with Crippen LogP contribution in [0.1, 0.15) is 19.3 Å². The van der Waals surface area contributed by atoms with Crippen LogP contribution in [0.5, 0.6) is 0 Å². The zero-order chi connectivity index (χ0) is 11.4. The number of rotatable bonds is 3. The lowest BCUT2D eigenvalue weighted by Gasteiger charge is -2.30. The van der Waals surface area contributed by atoms with Gasteiger partial charge in [-0.3, -0.25) is 19.4 Å². The molecule has 0 atom stereocenters. The minimum absolute atomic E-state index is 0.00971. The average molecular weight is 226 g/mol. The molecule has 2 saturated heterocycles. The number of likely N-dealkylation sites (tertiary alicyclic amines) is 1. The van der Waals surface area contributed by atoms with Crippen molar-refractivity contribution < 1.29 is 14.3 Å². The molecule has 2 heterocycles. The van der Waals surface area contributed by atoms with E-state index in [1.165, 1.54) is 4.90 Å². The fourth-order valence-electron chi connectivity index (χ4n) is 2.12. The highest BCUT2D eigenvalue weighted by molar-refractivity contribution is 5.97. The lowest BCUT2D eigenvalue weighted by molar-refractivity contribution is -0.148. The summed E-state index contributed by atoms with van der Waals surface area (Å²) in [7, 11) is 0. The number of hydrogen-bond donors (Lipinski definition) is 0. The van der Waals surface area contributed by atoms with Gasteiger partial charge in [-0.25, -0.2) is 0 Å². The number of morpholine rings is 1. The Hall–Kier alpha value is -0.940. The van der Waals surface area contributed by atoms with Crippen molar-refractivity contribution in [3.05, 3.63) is 0 Å². The van der Waals surface area contributed by atoms with Gasteiger partial charge in [0.05, 0.1) is 13.2 Å². The summed E-state index contributed by atoms with van der Waals surface area (Å²) in [5, 5.41) is 0. The van der Waals surface area contributed by atoms with Crippen LogP contribution in [0, 0.1) is 0 Å². The summed E-state index contributed by atoms with van der Waals surface area (Å²) in [6.45, 7) is 4.62. The van der Waals surface area contributed by atoms with Gasteiger partial charge in [-0.1, -0.05) is 0 Å². The number of piperidine rings is 1. The van der Waals surface area contributed by atoms with E-state index in [1.54, 1.807) is 0 Å². The van der Waals surface area contributed by atoms with E-state index in [1.807, 2.05) is 0 Å². The summed E-state index contributed by atoms with van der Waals surface area (Å²) in [6, 6.07) is 0. The van der Waals surface area contributed by atoms with Crippen LogP contribution in [0.15, 0.2) is 0 Å². The first-order chi connectivity index (χ1) is 7.77. The van der Waals surface area contributed by atoms with Crippen molar-refractivity contribution in [1.29, 1.82) is 0 Å². The molecule has 0 aromatic carbocycles. The first-order valence-corrected chi connectivity index (χ1v) is 5.90. The molecule has 0 saturated carbocycles. The zero-order valence-electron chi connectivity index (χ0n) is 9.48. The summed E-state index contributed by atoms with van der Waals surface area (Å²) >= 11 is 0. The van der Waals surface area contributed by atoms with Crippen molar-refractivity contribution in [3.63, 3.8) is 0 Å². The fourth-order valence-corrected chi connectivity index (χ4v) is 2.12. The van der Waals surface area contributed by atoms with E-state index in [0.29, 0.717) is 25.8 Å². The van der Waals surface area contributed by atoms with Crippen molar-refractivity contribution >= 4 is 11.8 Å². The molecule has 2 fully saturated rings. The van der Waals surface area contributed by atoms with E-state index >= 15 is 0 Å². The first kappa shape index (κ1) is 11.5. The molecule has 0 aliphatic carbocycles. The minimum atomic E-state index is -0.00971. The molecule has 0 unspecified atom stereocenters. The topological polar surface area (TPSA) is 49.9 Å². The molecule has 2 aliphatic rings. The highest BCUT2D eigenvalue weighted by Gasteiger charge is 2.26. The molecule has 90 valence electrons. The number of nitrogens with zero attached hydrogens (tertiary/aromatic N) is 2. The van der Waals surface area contributed by atoms with Crippen LogP contribution in [0.25, 0.3) is 0 Å². The van der Waals surface area contributed by atoms with Gasteiger partial charge in [-0.15, -0.1) is 0 Å². The Bertz CT molecular complexity index is 258. The normalized spacial score (nSPS) is 23.9. The highest BCUT2D eigenvalue weighted by Crippen LogP contribution is 2.12. The summed E-state index contributed by atoms with van der Waals surface area (Å²) in [5.41, 5.74) is 0. The number of carbonyl (C=O) groups excluding carboxylic acids is 2. The van der Waals surface area contributed by atoms with Gasteiger partial charge in [0.2, 0.25) is 11.8 Å². The Morgan fingerprint density at radius 2 is 1.62 bits per heavy atom. The molecule has 5 nitrogen and oxygen atoms in total. The Morgan fingerprint density at radius 3 is 2.25 bits per heavy atom. The molecule has 2 amide bonds. The molecule has 0 bridgehead atoms. The lowest BCUT2D eigenvalue weighted by Crippen LogP contribution is -2.46. The van der Waals surface area contributed by atoms with Crippen LogP contribution in [-0.4, -0.2) is 61.0 Å². The van der Waals surface area contributed by atoms with Crippen LogP contribution in [0.2, 0.25) is 0 Å². The van der Waals surface area contributed by atoms with Gasteiger partial charge >= 0.3 is 0 Å². The summed E-state index contributed by atoms with van der Waals surface area (Å²) in [6.07, 6.45) is 1.76. The Morgan fingerprint density at radius 1 is 1.00 bits per heavy atom. The molecular formula is C11H18N2O3. The third-order valence-electron chi connectivity index (χ3n) is 3.13. The van der Waals surface area contributed by atoms with E-state index in [4.69, 9.17) is 4.74 Å². The molecule has 0 radical (unpaired) electrons. The molecule has 0 aromatic heterocycles. The minimum Gasteiger partial charge on any atom is -0.379 e. The van der Waals surface area contributed by atoms with E-state index in [-0.39, 0.29) is 11.8 Å². The maximum absolute atomic E-state index is 11.5. The average Bonchev–Trinajstić information content (AvgIpc) is 2.30. The summed E-state index contributed by atoms with van der Waals surface area (Å²) in [4.78, 5) is 26.7. The molecular weight excluding hydrogens is 208 g/mol. The second kappa shape index (κ2) is 5.41. The van der Waals surface area contributed by atoms with Gasteiger partial charge in [0.15, 0.2) is 0 Å². The lowest BCUT2D eigenvalue weighted by atomic mass is 10.1. The molecule has 16 heavy (non-hydrogen) atoms. The number of amides is 2. The van der Waals surface area contributed by atoms with Crippen molar-refractivity contribution in [3.8, 4) is 0 Å². The van der Waals surface area contributed by atoms with Crippen LogP contribution in [-0.2, 0) is 14.3 Å². The molecule has 0 spiro atoms. The van der Waals surface area contributed by atoms with E-state index in [9.17, 15) is 9.59 Å². The Kier molecular flexibility index (Phi) is 3.90. The molecule has 5 heteroatoms. The molecule has 0 aromatic rings. The van der Waals surface area contributed by atoms with Gasteiger partial charge in [-0.2, -0.15) is 0 Å². The van der Waals surface area contributed by atoms with Crippen LogP contribution in [0.4, 0.5) is 0 Å². The second-order valence-corrected chi connectivity index (χ2v) is 4.25. The smallest absolute Gasteiger partial charge is 0.229 e. The van der Waals surface area contributed by atoms with Crippen LogP contribution >= 0.6 is 0 Å². The Labute approximate surface area is 95.3 Å². The van der Waals surface area contributed by atoms with Crippen molar-refractivity contribution in [1.82, 2.24) is 9.80 Å². The number of hydrogen-bond acceptors (Lipinski definition) is 4. The van der Waals surface area contributed by atoms with Crippen LogP contribution < -0.4 is 0 Å². The first-order valence-electron chi connectivity index (χ1n) is 5.90. The number of ether oxygens (including phenoxy) is 1. The third kappa shape index (κ3) is 2.80. The van der Waals surface area contributed by atoms with E-state index in [0.717, 1.165) is 32.8 Å². The molecule has 2 rings (SSSR count). The van der Waals surface area contributed by atoms with Crippen LogP contribution in [0.3, 0.4) is 0 Å².